The number of halogens is 1. The fourth-order valence-electron chi connectivity index (χ4n) is 8.16. The Morgan fingerprint density at radius 2 is 1.85 bits per heavy atom. The van der Waals surface area contributed by atoms with Crippen LogP contribution >= 0.6 is 15.9 Å². The number of fused-ring (bicyclic) bond motifs is 5. The molecule has 1 spiro atoms. The van der Waals surface area contributed by atoms with E-state index in [-0.39, 0.29) is 11.2 Å². The van der Waals surface area contributed by atoms with Crippen molar-refractivity contribution in [3.8, 4) is 0 Å². The molecule has 4 aliphatic carbocycles. The Morgan fingerprint density at radius 1 is 1.04 bits per heavy atom. The van der Waals surface area contributed by atoms with Crippen LogP contribution in [0.3, 0.4) is 0 Å². The molecule has 1 aliphatic heterocycles. The van der Waals surface area contributed by atoms with Crippen LogP contribution in [0.25, 0.3) is 0 Å². The van der Waals surface area contributed by atoms with E-state index in [2.05, 4.69) is 22.9 Å². The first-order valence-corrected chi connectivity index (χ1v) is 12.0. The second kappa shape index (κ2) is 6.29. The first kappa shape index (κ1) is 18.1. The van der Waals surface area contributed by atoms with Gasteiger partial charge in [-0.05, 0) is 74.0 Å². The molecular weight excluding hydrogens is 392 g/mol. The topological polar surface area (TPSA) is 35.5 Å². The maximum absolute atomic E-state index is 12.9. The highest BCUT2D eigenvalue weighted by Gasteiger charge is 2.63. The van der Waals surface area contributed by atoms with E-state index >= 15 is 0 Å². The van der Waals surface area contributed by atoms with Crippen molar-refractivity contribution < 1.29 is 14.3 Å². The molecule has 4 unspecified atom stereocenters. The van der Waals surface area contributed by atoms with Crippen LogP contribution in [0.4, 0.5) is 0 Å². The van der Waals surface area contributed by atoms with Crippen LogP contribution in [0.2, 0.25) is 0 Å². The molecule has 0 N–H and O–H groups in total. The fraction of sp³-hybridized carbons (Fsp3) is 0.955. The lowest BCUT2D eigenvalue weighted by molar-refractivity contribution is -0.229. The van der Waals surface area contributed by atoms with Crippen molar-refractivity contribution in [3.05, 3.63) is 0 Å². The highest BCUT2D eigenvalue weighted by atomic mass is 79.9. The van der Waals surface area contributed by atoms with Crippen molar-refractivity contribution in [3.63, 3.8) is 0 Å². The lowest BCUT2D eigenvalue weighted by atomic mass is 9.44. The number of ether oxygens (including phenoxy) is 2. The molecule has 26 heavy (non-hydrogen) atoms. The van der Waals surface area contributed by atoms with Crippen molar-refractivity contribution in [1.29, 1.82) is 0 Å². The first-order valence-electron chi connectivity index (χ1n) is 10.9. The van der Waals surface area contributed by atoms with Crippen molar-refractivity contribution in [2.24, 2.45) is 34.5 Å². The zero-order valence-electron chi connectivity index (χ0n) is 16.1. The Hall–Kier alpha value is 0.0700. The molecule has 0 amide bonds. The highest BCUT2D eigenvalue weighted by molar-refractivity contribution is 9.09. The van der Waals surface area contributed by atoms with Gasteiger partial charge in [-0.3, -0.25) is 4.79 Å². The molecule has 0 bridgehead atoms. The lowest BCUT2D eigenvalue weighted by Gasteiger charge is -2.61. The van der Waals surface area contributed by atoms with Gasteiger partial charge >= 0.3 is 0 Å². The van der Waals surface area contributed by atoms with Gasteiger partial charge in [0, 0.05) is 30.0 Å². The van der Waals surface area contributed by atoms with Gasteiger partial charge in [0.15, 0.2) is 5.79 Å². The molecule has 4 heteroatoms. The van der Waals surface area contributed by atoms with Crippen LogP contribution in [0.5, 0.6) is 0 Å². The third-order valence-electron chi connectivity index (χ3n) is 9.47. The van der Waals surface area contributed by atoms with Gasteiger partial charge in [0.05, 0.1) is 13.2 Å². The molecule has 0 aromatic rings. The second-order valence-electron chi connectivity index (χ2n) is 10.1. The summed E-state index contributed by atoms with van der Waals surface area (Å²) in [7, 11) is 0. The Balaban J connectivity index is 1.41. The van der Waals surface area contributed by atoms with E-state index in [0.717, 1.165) is 74.8 Å². The minimum Gasteiger partial charge on any atom is -0.348 e. The van der Waals surface area contributed by atoms with E-state index in [1.165, 1.54) is 25.7 Å². The van der Waals surface area contributed by atoms with Crippen molar-refractivity contribution >= 4 is 21.7 Å². The molecule has 0 radical (unpaired) electrons. The predicted molar refractivity (Wildman–Crippen MR) is 104 cm³/mol. The number of rotatable bonds is 2. The minimum atomic E-state index is -0.255. The van der Waals surface area contributed by atoms with Crippen LogP contribution in [-0.4, -0.2) is 30.1 Å². The molecule has 4 saturated carbocycles. The Morgan fingerprint density at radius 3 is 2.62 bits per heavy atom. The molecule has 5 rings (SSSR count). The molecule has 1 heterocycles. The summed E-state index contributed by atoms with van der Waals surface area (Å²) in [4.78, 5) is 12.9. The quantitative estimate of drug-likeness (QED) is 0.577. The zero-order chi connectivity index (χ0) is 18.0. The average molecular weight is 425 g/mol. The van der Waals surface area contributed by atoms with Crippen LogP contribution in [0, 0.1) is 34.5 Å². The summed E-state index contributed by atoms with van der Waals surface area (Å²) in [6.07, 6.45) is 11.5. The summed E-state index contributed by atoms with van der Waals surface area (Å²) >= 11 is 3.65. The fourth-order valence-corrected chi connectivity index (χ4v) is 8.87. The van der Waals surface area contributed by atoms with E-state index < -0.39 is 0 Å². The summed E-state index contributed by atoms with van der Waals surface area (Å²) in [5, 5.41) is 0.976. The molecule has 5 aliphatic rings. The Bertz CT molecular complexity index is 586. The monoisotopic (exact) mass is 424 g/mol. The van der Waals surface area contributed by atoms with Gasteiger partial charge in [-0.15, -0.1) is 0 Å². The van der Waals surface area contributed by atoms with Crippen molar-refractivity contribution in [1.82, 2.24) is 0 Å². The van der Waals surface area contributed by atoms with E-state index in [9.17, 15) is 4.79 Å². The maximum atomic E-state index is 12.9. The van der Waals surface area contributed by atoms with Gasteiger partial charge in [0.1, 0.15) is 5.78 Å². The smallest absolute Gasteiger partial charge is 0.168 e. The largest absolute Gasteiger partial charge is 0.348 e. The molecule has 0 aromatic carbocycles. The number of carbonyl (C=O) groups is 1. The Kier molecular flexibility index (Phi) is 4.38. The number of hydrogen-bond acceptors (Lipinski definition) is 3. The number of alkyl halides is 1. The molecule has 1 saturated heterocycles. The van der Waals surface area contributed by atoms with Crippen molar-refractivity contribution in [2.75, 3.05) is 18.5 Å². The van der Waals surface area contributed by atoms with Crippen LogP contribution in [0.15, 0.2) is 0 Å². The van der Waals surface area contributed by atoms with Crippen LogP contribution < -0.4 is 0 Å². The normalized spacial score (nSPS) is 49.7. The standard InChI is InChI=1S/C22H33BrO3/c1-20-8-9-22(25-12-13-26-22)14-15(20)2-3-16-17(20)6-7-21(10-11-23)18(16)4-5-19(21)24/h15-18H,2-14H2,1H3/t15?,16?,17?,18?,20-,21+/m0/s1. The van der Waals surface area contributed by atoms with Gasteiger partial charge in [0.2, 0.25) is 0 Å². The summed E-state index contributed by atoms with van der Waals surface area (Å²) in [6, 6.07) is 0. The summed E-state index contributed by atoms with van der Waals surface area (Å²) in [6.45, 7) is 4.12. The molecule has 6 atom stereocenters. The SMILES string of the molecule is C[C@]12CCC3(CC1CCC1C4CCC(=O)[C@@]4(CCBr)CCC12)OCCO3. The molecule has 146 valence electrons. The number of carbonyl (C=O) groups excluding carboxylic acids is 1. The molecule has 5 fully saturated rings. The number of Topliss-reactive ketones (excluding diaryl/α,β-unsaturated/α-hetero) is 1. The van der Waals surface area contributed by atoms with E-state index in [1.807, 2.05) is 0 Å². The van der Waals surface area contributed by atoms with Gasteiger partial charge < -0.3 is 9.47 Å². The number of ketones is 1. The maximum Gasteiger partial charge on any atom is 0.168 e. The molecule has 0 aromatic heterocycles. The van der Waals surface area contributed by atoms with Gasteiger partial charge in [-0.2, -0.15) is 0 Å². The highest BCUT2D eigenvalue weighted by Crippen LogP contribution is 2.67. The summed E-state index contributed by atoms with van der Waals surface area (Å²) < 4.78 is 12.1. The van der Waals surface area contributed by atoms with Gasteiger partial charge in [0.25, 0.3) is 0 Å². The third kappa shape index (κ3) is 2.40. The average Bonchev–Trinajstić information content (AvgIpc) is 3.22. The van der Waals surface area contributed by atoms with Gasteiger partial charge in [-0.25, -0.2) is 0 Å². The summed E-state index contributed by atoms with van der Waals surface area (Å²) in [5.41, 5.74) is 0.442. The Labute approximate surface area is 166 Å². The predicted octanol–water partition coefficient (Wildman–Crippen LogP) is 5.11. The van der Waals surface area contributed by atoms with Crippen molar-refractivity contribution in [2.45, 2.75) is 76.9 Å². The third-order valence-corrected chi connectivity index (χ3v) is 9.86. The lowest BCUT2D eigenvalue weighted by Crippen LogP contribution is -2.56. The van der Waals surface area contributed by atoms with E-state index in [0.29, 0.717) is 17.1 Å². The van der Waals surface area contributed by atoms with E-state index in [4.69, 9.17) is 9.47 Å². The number of hydrogen-bond donors (Lipinski definition) is 0. The minimum absolute atomic E-state index is 0.0153. The van der Waals surface area contributed by atoms with Crippen LogP contribution in [-0.2, 0) is 14.3 Å². The summed E-state index contributed by atoms with van der Waals surface area (Å²) in [5.74, 6) is 3.29. The first-order chi connectivity index (χ1) is 12.5. The second-order valence-corrected chi connectivity index (χ2v) is 10.9. The van der Waals surface area contributed by atoms with E-state index in [1.54, 1.807) is 0 Å². The van der Waals surface area contributed by atoms with Crippen LogP contribution in [0.1, 0.15) is 71.1 Å². The molecule has 3 nitrogen and oxygen atoms in total. The molecular formula is C22H33BrO3. The van der Waals surface area contributed by atoms with Gasteiger partial charge in [-0.1, -0.05) is 22.9 Å². The zero-order valence-corrected chi connectivity index (χ0v) is 17.7.